The molecule has 0 unspecified atom stereocenters. The molecule has 16 heavy (non-hydrogen) atoms. The maximum absolute atomic E-state index is 2.47. The molecule has 0 atom stereocenters. The summed E-state index contributed by atoms with van der Waals surface area (Å²) < 4.78 is 0. The molecule has 0 amide bonds. The van der Waals surface area contributed by atoms with Crippen LogP contribution in [-0.2, 0) is 19.3 Å². The van der Waals surface area contributed by atoms with Crippen LogP contribution in [0.3, 0.4) is 0 Å². The predicted octanol–water partition coefficient (Wildman–Crippen LogP) is 4.16. The van der Waals surface area contributed by atoms with Gasteiger partial charge in [-0.2, -0.15) is 0 Å². The van der Waals surface area contributed by atoms with Gasteiger partial charge in [0.15, 0.2) is 0 Å². The normalized spacial score (nSPS) is 19.9. The van der Waals surface area contributed by atoms with E-state index in [1.54, 1.807) is 16.7 Å². The molecule has 0 bridgehead atoms. The van der Waals surface area contributed by atoms with Crippen molar-refractivity contribution in [3.8, 4) is 0 Å². The zero-order valence-electron chi connectivity index (χ0n) is 10.3. The highest BCUT2D eigenvalue weighted by atomic mass is 14.4. The first-order valence-corrected chi connectivity index (χ1v) is 6.57. The second-order valence-electron chi connectivity index (χ2n) is 5.49. The average Bonchev–Trinajstić information content (AvgIpc) is 2.88. The molecule has 1 aromatic rings. The highest BCUT2D eigenvalue weighted by Crippen LogP contribution is 2.43. The van der Waals surface area contributed by atoms with Crippen molar-refractivity contribution >= 4 is 6.08 Å². The molecule has 0 N–H and O–H groups in total. The number of fused-ring (bicyclic) bond motifs is 2. The molecular weight excluding hydrogens is 192 g/mol. The molecule has 0 nitrogen and oxygen atoms in total. The van der Waals surface area contributed by atoms with Gasteiger partial charge in [0.05, 0.1) is 0 Å². The molecule has 0 radical (unpaired) electrons. The van der Waals surface area contributed by atoms with Gasteiger partial charge in [0.2, 0.25) is 0 Å². The first kappa shape index (κ1) is 10.1. The van der Waals surface area contributed by atoms with Crippen molar-refractivity contribution in [1.82, 2.24) is 0 Å². The van der Waals surface area contributed by atoms with E-state index in [1.807, 2.05) is 0 Å². The lowest BCUT2D eigenvalue weighted by atomic mass is 9.80. The van der Waals surface area contributed by atoms with Crippen molar-refractivity contribution in [1.29, 1.82) is 0 Å². The van der Waals surface area contributed by atoms with E-state index in [-0.39, 0.29) is 0 Å². The summed E-state index contributed by atoms with van der Waals surface area (Å²) in [6.45, 7) is 4.70. The van der Waals surface area contributed by atoms with Gasteiger partial charge in [-0.25, -0.2) is 0 Å². The van der Waals surface area contributed by atoms with Gasteiger partial charge in [0.1, 0.15) is 0 Å². The fourth-order valence-electron chi connectivity index (χ4n) is 3.35. The highest BCUT2D eigenvalue weighted by Gasteiger charge is 2.34. The first-order valence-electron chi connectivity index (χ1n) is 6.57. The van der Waals surface area contributed by atoms with Crippen molar-refractivity contribution in [2.24, 2.45) is 5.41 Å². The molecule has 0 aliphatic heterocycles. The van der Waals surface area contributed by atoms with Gasteiger partial charge >= 0.3 is 0 Å². The SMILES string of the molecule is CCC1(CC)Cc2cc3c(cc2C1)CC=C3. The summed E-state index contributed by atoms with van der Waals surface area (Å²) in [5.41, 5.74) is 6.84. The first-order chi connectivity index (χ1) is 7.76. The number of hydrogen-bond acceptors (Lipinski definition) is 0. The number of allylic oxidation sites excluding steroid dienone is 1. The van der Waals surface area contributed by atoms with Crippen molar-refractivity contribution in [3.05, 3.63) is 40.5 Å². The lowest BCUT2D eigenvalue weighted by molar-refractivity contribution is 0.280. The molecule has 0 saturated carbocycles. The summed E-state index contributed by atoms with van der Waals surface area (Å²) >= 11 is 0. The topological polar surface area (TPSA) is 0 Å². The quantitative estimate of drug-likeness (QED) is 0.690. The Morgan fingerprint density at radius 2 is 1.69 bits per heavy atom. The van der Waals surface area contributed by atoms with Crippen molar-refractivity contribution in [2.45, 2.75) is 46.0 Å². The van der Waals surface area contributed by atoms with Gasteiger partial charge in [-0.1, -0.05) is 38.1 Å². The van der Waals surface area contributed by atoms with Gasteiger partial charge < -0.3 is 0 Å². The van der Waals surface area contributed by atoms with Crippen LogP contribution in [0.15, 0.2) is 18.2 Å². The van der Waals surface area contributed by atoms with E-state index in [4.69, 9.17) is 0 Å². The monoisotopic (exact) mass is 212 g/mol. The lowest BCUT2D eigenvalue weighted by Crippen LogP contribution is -2.18. The van der Waals surface area contributed by atoms with Crippen LogP contribution in [0.25, 0.3) is 6.08 Å². The second-order valence-corrected chi connectivity index (χ2v) is 5.49. The molecule has 0 heteroatoms. The Balaban J connectivity index is 2.01. The molecule has 0 saturated heterocycles. The van der Waals surface area contributed by atoms with E-state index in [2.05, 4.69) is 38.1 Å². The Bertz CT molecular complexity index is 447. The van der Waals surface area contributed by atoms with Crippen LogP contribution in [0.5, 0.6) is 0 Å². The zero-order valence-corrected chi connectivity index (χ0v) is 10.3. The Morgan fingerprint density at radius 3 is 2.38 bits per heavy atom. The third-order valence-electron chi connectivity index (χ3n) is 4.73. The van der Waals surface area contributed by atoms with Crippen molar-refractivity contribution in [3.63, 3.8) is 0 Å². The van der Waals surface area contributed by atoms with Crippen molar-refractivity contribution in [2.75, 3.05) is 0 Å². The molecular formula is C16H20. The van der Waals surface area contributed by atoms with Gasteiger partial charge in [0, 0.05) is 0 Å². The predicted molar refractivity (Wildman–Crippen MR) is 69.6 cm³/mol. The van der Waals surface area contributed by atoms with E-state index in [9.17, 15) is 0 Å². The highest BCUT2D eigenvalue weighted by molar-refractivity contribution is 5.62. The van der Waals surface area contributed by atoms with Crippen LogP contribution >= 0.6 is 0 Å². The minimum Gasteiger partial charge on any atom is -0.0795 e. The van der Waals surface area contributed by atoms with Crippen LogP contribution in [0.2, 0.25) is 0 Å². The average molecular weight is 212 g/mol. The van der Waals surface area contributed by atoms with Crippen LogP contribution in [0.1, 0.15) is 48.9 Å². The standard InChI is InChI=1S/C16H20/c1-3-16(4-2)10-14-8-12-6-5-7-13(12)9-15(14)11-16/h5-6,8-9H,3-4,7,10-11H2,1-2H3. The van der Waals surface area contributed by atoms with E-state index >= 15 is 0 Å². The van der Waals surface area contributed by atoms with Crippen LogP contribution in [-0.4, -0.2) is 0 Å². The lowest BCUT2D eigenvalue weighted by Gasteiger charge is -2.25. The van der Waals surface area contributed by atoms with Crippen molar-refractivity contribution < 1.29 is 0 Å². The Hall–Kier alpha value is -1.04. The van der Waals surface area contributed by atoms with Gasteiger partial charge in [-0.05, 0) is 59.8 Å². The molecule has 1 aromatic carbocycles. The maximum Gasteiger partial charge on any atom is -0.00881 e. The smallest absolute Gasteiger partial charge is 0.00881 e. The van der Waals surface area contributed by atoms with Gasteiger partial charge in [-0.15, -0.1) is 0 Å². The van der Waals surface area contributed by atoms with Crippen LogP contribution < -0.4 is 0 Å². The number of hydrogen-bond donors (Lipinski definition) is 0. The third-order valence-corrected chi connectivity index (χ3v) is 4.73. The fourth-order valence-corrected chi connectivity index (χ4v) is 3.35. The van der Waals surface area contributed by atoms with E-state index in [0.29, 0.717) is 5.41 Å². The fraction of sp³-hybridized carbons (Fsp3) is 0.500. The minimum absolute atomic E-state index is 0.571. The second kappa shape index (κ2) is 3.48. The molecule has 0 fully saturated rings. The Labute approximate surface area is 98.4 Å². The third kappa shape index (κ3) is 1.36. The summed E-state index contributed by atoms with van der Waals surface area (Å²) in [5, 5.41) is 0. The summed E-state index contributed by atoms with van der Waals surface area (Å²) in [6.07, 6.45) is 11.0. The zero-order chi connectivity index (χ0) is 11.2. The van der Waals surface area contributed by atoms with E-state index in [0.717, 1.165) is 6.42 Å². The minimum atomic E-state index is 0.571. The molecule has 0 spiro atoms. The summed E-state index contributed by atoms with van der Waals surface area (Å²) in [4.78, 5) is 0. The van der Waals surface area contributed by atoms with E-state index < -0.39 is 0 Å². The van der Waals surface area contributed by atoms with Gasteiger partial charge in [-0.3, -0.25) is 0 Å². The van der Waals surface area contributed by atoms with Gasteiger partial charge in [0.25, 0.3) is 0 Å². The summed E-state index contributed by atoms with van der Waals surface area (Å²) in [5.74, 6) is 0. The summed E-state index contributed by atoms with van der Waals surface area (Å²) in [7, 11) is 0. The Kier molecular flexibility index (Phi) is 2.20. The molecule has 84 valence electrons. The van der Waals surface area contributed by atoms with Crippen LogP contribution in [0.4, 0.5) is 0 Å². The van der Waals surface area contributed by atoms with Crippen LogP contribution in [0, 0.1) is 5.41 Å². The molecule has 0 heterocycles. The molecule has 3 rings (SSSR count). The molecule has 2 aliphatic carbocycles. The molecule has 2 aliphatic rings. The number of benzene rings is 1. The largest absolute Gasteiger partial charge is 0.0795 e. The maximum atomic E-state index is 2.47. The number of rotatable bonds is 2. The molecule has 0 aromatic heterocycles. The summed E-state index contributed by atoms with van der Waals surface area (Å²) in [6, 6.07) is 4.92. The van der Waals surface area contributed by atoms with E-state index in [1.165, 1.54) is 31.2 Å². The Morgan fingerprint density at radius 1 is 1.00 bits per heavy atom.